The highest BCUT2D eigenvalue weighted by atomic mass is 35.5. The summed E-state index contributed by atoms with van der Waals surface area (Å²) in [5.74, 6) is 0.370. The number of rotatable bonds is 4. The van der Waals surface area contributed by atoms with Crippen LogP contribution in [0.2, 0.25) is 5.02 Å². The lowest BCUT2D eigenvalue weighted by Gasteiger charge is -2.16. The van der Waals surface area contributed by atoms with E-state index in [2.05, 4.69) is 20.3 Å². The first-order valence-corrected chi connectivity index (χ1v) is 9.08. The number of aromatic nitrogens is 4. The van der Waals surface area contributed by atoms with Crippen LogP contribution in [0.3, 0.4) is 0 Å². The quantitative estimate of drug-likeness (QED) is 0.688. The summed E-state index contributed by atoms with van der Waals surface area (Å²) >= 11 is 5.90. The van der Waals surface area contributed by atoms with Crippen molar-refractivity contribution in [2.75, 3.05) is 11.9 Å². The summed E-state index contributed by atoms with van der Waals surface area (Å²) in [6.07, 6.45) is 4.82. The molecule has 0 aliphatic carbocycles. The van der Waals surface area contributed by atoms with Gasteiger partial charge in [-0.2, -0.15) is 14.4 Å². The van der Waals surface area contributed by atoms with Crippen molar-refractivity contribution >= 4 is 28.6 Å². The Balaban J connectivity index is 1.61. The Morgan fingerprint density at radius 1 is 1.19 bits per heavy atom. The maximum Gasteiger partial charge on any atom is 0.312 e. The Morgan fingerprint density at radius 2 is 2.04 bits per heavy atom. The standard InChI is InChI=1S/C18H19ClFN5O/c19-13-7-5-12(6-8-13)10-21-16-15-17(24-18(20)23-16)25(11-22-15)14-4-2-1-3-9-26-14/h5-8,11,14H,1-4,9-10H2,(H,21,23,24). The number of nitrogens with one attached hydrogen (secondary N) is 1. The molecule has 26 heavy (non-hydrogen) atoms. The summed E-state index contributed by atoms with van der Waals surface area (Å²) in [4.78, 5) is 12.2. The topological polar surface area (TPSA) is 64.9 Å². The molecule has 1 aliphatic rings. The van der Waals surface area contributed by atoms with Gasteiger partial charge in [-0.1, -0.05) is 30.2 Å². The molecule has 0 saturated carbocycles. The average Bonchev–Trinajstić information content (AvgIpc) is 2.88. The van der Waals surface area contributed by atoms with Crippen molar-refractivity contribution in [3.8, 4) is 0 Å². The molecule has 0 bridgehead atoms. The lowest BCUT2D eigenvalue weighted by atomic mass is 10.2. The fourth-order valence-corrected chi connectivity index (χ4v) is 3.26. The third-order valence-corrected chi connectivity index (χ3v) is 4.74. The van der Waals surface area contributed by atoms with Crippen LogP contribution < -0.4 is 5.32 Å². The predicted molar refractivity (Wildman–Crippen MR) is 97.5 cm³/mol. The largest absolute Gasteiger partial charge is 0.364 e. The van der Waals surface area contributed by atoms with Gasteiger partial charge < -0.3 is 10.1 Å². The molecule has 1 atom stereocenters. The van der Waals surface area contributed by atoms with Crippen LogP contribution in [0.1, 0.15) is 37.5 Å². The summed E-state index contributed by atoms with van der Waals surface area (Å²) < 4.78 is 21.7. The summed E-state index contributed by atoms with van der Waals surface area (Å²) in [6, 6.07) is 7.43. The maximum atomic E-state index is 14.0. The first-order chi connectivity index (χ1) is 12.7. The van der Waals surface area contributed by atoms with Gasteiger partial charge in [0.25, 0.3) is 0 Å². The van der Waals surface area contributed by atoms with Gasteiger partial charge in [-0.15, -0.1) is 0 Å². The maximum absolute atomic E-state index is 14.0. The molecule has 8 heteroatoms. The molecule has 1 N–H and O–H groups in total. The highest BCUT2D eigenvalue weighted by molar-refractivity contribution is 6.30. The zero-order chi connectivity index (χ0) is 17.9. The van der Waals surface area contributed by atoms with E-state index in [4.69, 9.17) is 16.3 Å². The Morgan fingerprint density at radius 3 is 2.88 bits per heavy atom. The number of hydrogen-bond donors (Lipinski definition) is 1. The molecule has 6 nitrogen and oxygen atoms in total. The monoisotopic (exact) mass is 375 g/mol. The number of hydrogen-bond acceptors (Lipinski definition) is 5. The second-order valence-corrected chi connectivity index (χ2v) is 6.76. The van der Waals surface area contributed by atoms with E-state index in [-0.39, 0.29) is 6.23 Å². The number of fused-ring (bicyclic) bond motifs is 1. The third kappa shape index (κ3) is 3.64. The van der Waals surface area contributed by atoms with Crippen molar-refractivity contribution in [2.45, 2.75) is 38.5 Å². The zero-order valence-electron chi connectivity index (χ0n) is 14.2. The molecule has 1 saturated heterocycles. The van der Waals surface area contributed by atoms with Gasteiger partial charge in [0.2, 0.25) is 0 Å². The number of imidazole rings is 1. The van der Waals surface area contributed by atoms with Gasteiger partial charge in [-0.05, 0) is 37.0 Å². The van der Waals surface area contributed by atoms with E-state index >= 15 is 0 Å². The second-order valence-electron chi connectivity index (χ2n) is 6.32. The average molecular weight is 376 g/mol. The van der Waals surface area contributed by atoms with Gasteiger partial charge in [0.15, 0.2) is 17.0 Å². The molecular weight excluding hydrogens is 357 g/mol. The van der Waals surface area contributed by atoms with E-state index in [9.17, 15) is 4.39 Å². The van der Waals surface area contributed by atoms with Crippen LogP contribution in [0, 0.1) is 6.08 Å². The van der Waals surface area contributed by atoms with Gasteiger partial charge in [-0.25, -0.2) is 4.98 Å². The first kappa shape index (κ1) is 17.2. The van der Waals surface area contributed by atoms with E-state index in [0.717, 1.165) is 31.2 Å². The SMILES string of the molecule is Fc1nc(NCc2ccc(Cl)cc2)c2ncn(C3CCCCCO3)c2n1. The fourth-order valence-electron chi connectivity index (χ4n) is 3.13. The van der Waals surface area contributed by atoms with Gasteiger partial charge in [-0.3, -0.25) is 4.57 Å². The molecule has 1 fully saturated rings. The molecule has 3 aromatic rings. The molecule has 1 aromatic carbocycles. The van der Waals surface area contributed by atoms with Gasteiger partial charge >= 0.3 is 6.08 Å². The highest BCUT2D eigenvalue weighted by Gasteiger charge is 2.20. The Hall–Kier alpha value is -2.25. The Kier molecular flexibility index (Phi) is 4.99. The molecule has 0 amide bonds. The number of anilines is 1. The van der Waals surface area contributed by atoms with E-state index in [1.165, 1.54) is 0 Å². The summed E-state index contributed by atoms with van der Waals surface area (Å²) in [5.41, 5.74) is 1.99. The van der Waals surface area contributed by atoms with Gasteiger partial charge in [0, 0.05) is 18.2 Å². The minimum Gasteiger partial charge on any atom is -0.364 e. The Bertz CT molecular complexity index is 890. The number of halogens is 2. The number of nitrogens with zero attached hydrogens (tertiary/aromatic N) is 4. The lowest BCUT2D eigenvalue weighted by molar-refractivity contribution is 0.00928. The summed E-state index contributed by atoms with van der Waals surface area (Å²) in [6.45, 7) is 1.18. The van der Waals surface area contributed by atoms with Crippen LogP contribution in [0.4, 0.5) is 10.2 Å². The van der Waals surface area contributed by atoms with Crippen molar-refractivity contribution in [2.24, 2.45) is 0 Å². The molecule has 0 radical (unpaired) electrons. The van der Waals surface area contributed by atoms with Crippen LogP contribution in [-0.2, 0) is 11.3 Å². The van der Waals surface area contributed by atoms with Crippen molar-refractivity contribution in [1.82, 2.24) is 19.5 Å². The van der Waals surface area contributed by atoms with E-state index in [1.54, 1.807) is 10.9 Å². The second kappa shape index (κ2) is 7.55. The molecule has 1 unspecified atom stereocenters. The van der Waals surface area contributed by atoms with Crippen LogP contribution in [0.15, 0.2) is 30.6 Å². The van der Waals surface area contributed by atoms with Crippen molar-refractivity contribution in [3.63, 3.8) is 0 Å². The van der Waals surface area contributed by atoms with Gasteiger partial charge in [0.05, 0.1) is 6.33 Å². The van der Waals surface area contributed by atoms with Gasteiger partial charge in [0.1, 0.15) is 6.23 Å². The number of ether oxygens (including phenoxy) is 1. The van der Waals surface area contributed by atoms with Crippen molar-refractivity contribution in [3.05, 3.63) is 47.3 Å². The Labute approximate surface area is 155 Å². The predicted octanol–water partition coefficient (Wildman–Crippen LogP) is 4.32. The number of benzene rings is 1. The van der Waals surface area contributed by atoms with Crippen molar-refractivity contribution < 1.29 is 9.13 Å². The van der Waals surface area contributed by atoms with Crippen LogP contribution >= 0.6 is 11.6 Å². The molecule has 136 valence electrons. The zero-order valence-corrected chi connectivity index (χ0v) is 14.9. The van der Waals surface area contributed by atoms with Crippen molar-refractivity contribution in [1.29, 1.82) is 0 Å². The first-order valence-electron chi connectivity index (χ1n) is 8.71. The molecule has 4 rings (SSSR count). The molecule has 3 heterocycles. The highest BCUT2D eigenvalue weighted by Crippen LogP contribution is 2.27. The van der Waals surface area contributed by atoms with Crippen LogP contribution in [0.25, 0.3) is 11.2 Å². The van der Waals surface area contributed by atoms with E-state index in [0.29, 0.717) is 35.2 Å². The molecule has 2 aromatic heterocycles. The third-order valence-electron chi connectivity index (χ3n) is 4.48. The smallest absolute Gasteiger partial charge is 0.312 e. The summed E-state index contributed by atoms with van der Waals surface area (Å²) in [5, 5.41) is 3.81. The normalized spacial score (nSPS) is 18.0. The molecule has 1 aliphatic heterocycles. The lowest BCUT2D eigenvalue weighted by Crippen LogP contribution is -2.12. The van der Waals surface area contributed by atoms with Crippen LogP contribution in [0.5, 0.6) is 0 Å². The minimum atomic E-state index is -0.786. The fraction of sp³-hybridized carbons (Fsp3) is 0.389. The minimum absolute atomic E-state index is 0.166. The molecular formula is C18H19ClFN5O. The van der Waals surface area contributed by atoms with E-state index in [1.807, 2.05) is 24.3 Å². The van der Waals surface area contributed by atoms with Crippen LogP contribution in [-0.4, -0.2) is 26.1 Å². The van der Waals surface area contributed by atoms with E-state index < -0.39 is 6.08 Å². The molecule has 0 spiro atoms. The summed E-state index contributed by atoms with van der Waals surface area (Å²) in [7, 11) is 0.